The van der Waals surface area contributed by atoms with Crippen molar-refractivity contribution in [2.24, 2.45) is 0 Å². The Labute approximate surface area is 904 Å². The lowest BCUT2D eigenvalue weighted by atomic mass is 9.95. The zero-order valence-corrected chi connectivity index (χ0v) is 92.1. The summed E-state index contributed by atoms with van der Waals surface area (Å²) in [5.41, 5.74) is 40.9. The molecule has 0 atom stereocenters. The van der Waals surface area contributed by atoms with Crippen LogP contribution in [0.4, 0.5) is 0 Å². The standard InChI is InChI=1S/C22H18S.C21H18.C15H13Br.C15H12.C15H14.C14H12.C11H10.C10H14.C8H10.C7H7Br.C7H8/c1-15-7-12-20-18-5-3-4-6-19(18)22(21(20)13-15)14-16-8-10-17(23-2)11-9-16;1-17-12-14-18(15-13-17)16-21(19-8-4-2-5-9-19)20-10-6-3-7-11-20;1-12-2-4-13(5-3-12)6-7-14-8-10-15(16)11-9-14;1-11-14-8-4-2-6-12(14)10-13-7-3-5-9-15(11)13;1-13-7-9-15(10-8-13)12-11-14-5-3-2-4-6-14;1-10-6-7-14-12(8-10)9-11-4-2-3-5-13(11)14;1-9-6-7-10-4-2-3-5-11(10)8-9;1-3-4-10-7-5-9(2)6-8-10;1-7-3-5-8(2)6-4-7;1-6-2-4-7(8)5-3-6;1-7-5-3-2-4-6-7/h3-14H,1-2H3;2-16H,1H3;2-11H,1H3;2-10H,1H3;2-12H,1H3;2-8H,9H2,1H3;2-8H,1H3;5-8H,3-4H2,1-2H3;3-6H,1-2H3;2-5H,1H3;2-6H,1H3/b22-14+;;;;;;;;;;. The summed E-state index contributed by atoms with van der Waals surface area (Å²) in [4.78, 5) is 1.30. The second-order valence-electron chi connectivity index (χ2n) is 37.7. The number of aryl methyl sites for hydroxylation is 13. The molecular weight excluding hydrogens is 1930 g/mol. The Balaban J connectivity index is 0.000000138. The third kappa shape index (κ3) is 35.2. The van der Waals surface area contributed by atoms with E-state index in [9.17, 15) is 0 Å². The highest BCUT2D eigenvalue weighted by Gasteiger charge is 2.23. The van der Waals surface area contributed by atoms with E-state index in [1.54, 1.807) is 11.8 Å². The minimum Gasteiger partial charge on any atom is -0.130 e. The lowest BCUT2D eigenvalue weighted by Crippen LogP contribution is -1.88. The van der Waals surface area contributed by atoms with Gasteiger partial charge in [-0.25, -0.2) is 0 Å². The van der Waals surface area contributed by atoms with Crippen molar-refractivity contribution in [2.75, 3.05) is 6.26 Å². The molecule has 0 amide bonds. The van der Waals surface area contributed by atoms with Gasteiger partial charge in [0.05, 0.1) is 0 Å². The largest absolute Gasteiger partial charge is 0.130 e. The maximum Gasteiger partial charge on any atom is 0.0175 e. The summed E-state index contributed by atoms with van der Waals surface area (Å²) < 4.78 is 2.25. The van der Waals surface area contributed by atoms with Gasteiger partial charge in [0.2, 0.25) is 0 Å². The van der Waals surface area contributed by atoms with Crippen molar-refractivity contribution in [2.45, 2.75) is 114 Å². The van der Waals surface area contributed by atoms with Gasteiger partial charge in [0.1, 0.15) is 0 Å². The molecule has 0 nitrogen and oxygen atoms in total. The van der Waals surface area contributed by atoms with Crippen molar-refractivity contribution in [1.29, 1.82) is 0 Å². The molecule has 0 radical (unpaired) electrons. The smallest absolute Gasteiger partial charge is 0.0175 e. The second kappa shape index (κ2) is 58.1. The quantitative estimate of drug-likeness (QED) is 0.0707. The minimum atomic E-state index is 1.10. The molecule has 0 N–H and O–H groups in total. The second-order valence-corrected chi connectivity index (χ2v) is 40.4. The molecule has 0 spiro atoms. The van der Waals surface area contributed by atoms with E-state index in [0.29, 0.717) is 0 Å². The van der Waals surface area contributed by atoms with Gasteiger partial charge in [0.15, 0.2) is 0 Å². The molecule has 0 saturated carbocycles. The van der Waals surface area contributed by atoms with E-state index >= 15 is 0 Å². The number of rotatable bonds is 11. The van der Waals surface area contributed by atoms with Gasteiger partial charge in [0.25, 0.3) is 0 Å². The lowest BCUT2D eigenvalue weighted by molar-refractivity contribution is 0.921. The zero-order valence-electron chi connectivity index (χ0n) is 88.1. The summed E-state index contributed by atoms with van der Waals surface area (Å²) in [6, 6.07) is 175. The van der Waals surface area contributed by atoms with E-state index in [1.807, 2.05) is 36.4 Å². The summed E-state index contributed by atoms with van der Waals surface area (Å²) in [6.07, 6.45) is 18.7. The molecule has 2 aliphatic rings. The van der Waals surface area contributed by atoms with Crippen LogP contribution in [0.2, 0.25) is 0 Å². The average molecular weight is 2070 g/mol. The SMILES string of the molecule is CCCc1ccc(C)cc1.CSc1ccc(/C=C2\c3ccccc3-c3ccc(C)cc32)cc1.Cc1c2ccccc2cc2ccccc12.Cc1ccc(Br)cc1.Cc1ccc(C)cc1.Cc1ccc(C=C(c2ccccc2)c2ccccc2)cc1.Cc1ccc(C=Cc2ccc(Br)cc2)cc1.Cc1ccc(C=Cc2ccccc2)cc1.Cc1ccc2c(c1)Cc1ccccc1-2.Cc1ccc2ccccc2c1.Cc1ccccc1. The van der Waals surface area contributed by atoms with Crippen molar-refractivity contribution < 1.29 is 0 Å². The average Bonchev–Trinajstić information content (AvgIpc) is 1.60. The molecule has 21 aromatic carbocycles. The molecule has 0 aromatic heterocycles. The van der Waals surface area contributed by atoms with Gasteiger partial charge in [-0.05, 0) is 300 Å². The molecule has 21 aromatic rings. The predicted molar refractivity (Wildman–Crippen MR) is 659 cm³/mol. The highest BCUT2D eigenvalue weighted by molar-refractivity contribution is 9.10. The van der Waals surface area contributed by atoms with Crippen molar-refractivity contribution in [3.05, 3.63) is 645 Å². The highest BCUT2D eigenvalue weighted by atomic mass is 79.9. The first-order valence-electron chi connectivity index (χ1n) is 51.1. The Morgan fingerprint density at radius 1 is 0.243 bits per heavy atom. The third-order valence-corrected chi connectivity index (χ3v) is 27.2. The van der Waals surface area contributed by atoms with Gasteiger partial charge in [-0.15, -0.1) is 11.8 Å². The van der Waals surface area contributed by atoms with Crippen molar-refractivity contribution in [3.8, 4) is 22.3 Å². The molecule has 2 aliphatic carbocycles. The van der Waals surface area contributed by atoms with E-state index in [0.717, 1.165) is 15.4 Å². The summed E-state index contributed by atoms with van der Waals surface area (Å²) in [5.74, 6) is 0. The first-order valence-corrected chi connectivity index (χ1v) is 53.9. The van der Waals surface area contributed by atoms with E-state index in [1.165, 1.54) is 223 Å². The monoisotopic (exact) mass is 2070 g/mol. The van der Waals surface area contributed by atoms with Crippen LogP contribution in [0, 0.1) is 83.1 Å². The fourth-order valence-corrected chi connectivity index (χ4v) is 18.0. The fourth-order valence-electron chi connectivity index (χ4n) is 17.1. The molecule has 148 heavy (non-hydrogen) atoms. The molecule has 3 heteroatoms. The van der Waals surface area contributed by atoms with Crippen LogP contribution in [0.1, 0.15) is 152 Å². The molecular formula is C145H136Br2S. The molecule has 0 bridgehead atoms. The van der Waals surface area contributed by atoms with E-state index in [4.69, 9.17) is 0 Å². The number of halogens is 2. The maximum atomic E-state index is 3.43. The van der Waals surface area contributed by atoms with Crippen molar-refractivity contribution in [3.63, 3.8) is 0 Å². The number of hydrogen-bond acceptors (Lipinski definition) is 1. The van der Waals surface area contributed by atoms with Gasteiger partial charge >= 0.3 is 0 Å². The number of benzene rings is 21. The fraction of sp³-hybridized carbons (Fsp3) is 0.117. The Bertz CT molecular complexity index is 7570. The molecule has 0 unspecified atom stereocenters. The highest BCUT2D eigenvalue weighted by Crippen LogP contribution is 2.46. The van der Waals surface area contributed by atoms with Crippen LogP contribution in [0.25, 0.3) is 102 Å². The topological polar surface area (TPSA) is 0 Å². The molecule has 0 aliphatic heterocycles. The van der Waals surface area contributed by atoms with E-state index < -0.39 is 0 Å². The minimum absolute atomic E-state index is 1.10. The maximum absolute atomic E-state index is 3.43. The summed E-state index contributed by atoms with van der Waals surface area (Å²) in [7, 11) is 0. The first-order chi connectivity index (χ1) is 72.0. The third-order valence-electron chi connectivity index (χ3n) is 25.4. The van der Waals surface area contributed by atoms with Crippen LogP contribution in [0.15, 0.2) is 511 Å². The van der Waals surface area contributed by atoms with Gasteiger partial charge in [-0.1, -0.05) is 586 Å². The van der Waals surface area contributed by atoms with Crippen LogP contribution < -0.4 is 0 Å². The van der Waals surface area contributed by atoms with Gasteiger partial charge in [0, 0.05) is 13.8 Å². The normalized spacial score (nSPS) is 11.0. The van der Waals surface area contributed by atoms with Gasteiger partial charge < -0.3 is 0 Å². The van der Waals surface area contributed by atoms with Crippen LogP contribution in [0.3, 0.4) is 0 Å². The van der Waals surface area contributed by atoms with E-state index in [-0.39, 0.29) is 0 Å². The van der Waals surface area contributed by atoms with Crippen LogP contribution in [0.5, 0.6) is 0 Å². The Morgan fingerprint density at radius 2 is 0.574 bits per heavy atom. The van der Waals surface area contributed by atoms with Crippen LogP contribution in [-0.2, 0) is 12.8 Å². The summed E-state index contributed by atoms with van der Waals surface area (Å²) in [6.45, 7) is 27.6. The Morgan fingerprint density at radius 3 is 1.05 bits per heavy atom. The van der Waals surface area contributed by atoms with Gasteiger partial charge in [-0.3, -0.25) is 0 Å². The van der Waals surface area contributed by atoms with E-state index in [2.05, 4.69) is 626 Å². The Hall–Kier alpha value is -15.3. The summed E-state index contributed by atoms with van der Waals surface area (Å²) in [5, 5.41) is 8.01. The van der Waals surface area contributed by atoms with Crippen molar-refractivity contribution in [1.82, 2.24) is 0 Å². The predicted octanol–water partition coefficient (Wildman–Crippen LogP) is 42.0. The van der Waals surface area contributed by atoms with Crippen LogP contribution in [-0.4, -0.2) is 6.26 Å². The van der Waals surface area contributed by atoms with Crippen molar-refractivity contribution >= 4 is 124 Å². The van der Waals surface area contributed by atoms with Gasteiger partial charge in [-0.2, -0.15) is 0 Å². The zero-order chi connectivity index (χ0) is 104. The Kier molecular flexibility index (Phi) is 43.2. The number of thioether (sulfide) groups is 1. The molecule has 736 valence electrons. The molecule has 0 fully saturated rings. The number of fused-ring (bicyclic) bond motifs is 9. The van der Waals surface area contributed by atoms with Crippen LogP contribution >= 0.6 is 43.6 Å². The number of hydrogen-bond donors (Lipinski definition) is 0. The molecule has 0 heterocycles. The lowest BCUT2D eigenvalue weighted by Gasteiger charge is -2.09. The first kappa shape index (κ1) is 110. The molecule has 0 saturated heterocycles. The summed E-state index contributed by atoms with van der Waals surface area (Å²) >= 11 is 8.55. The molecule has 23 rings (SSSR count).